The number of hydrogen-bond acceptors (Lipinski definition) is 4. The predicted octanol–water partition coefficient (Wildman–Crippen LogP) is 2.98. The second-order valence-electron chi connectivity index (χ2n) is 5.56. The predicted molar refractivity (Wildman–Crippen MR) is 82.2 cm³/mol. The SMILES string of the molecule is CC(C)CCCCN(C)c1c(N(C)C)c(=S)c1=O. The van der Waals surface area contributed by atoms with Crippen LogP contribution in [0.15, 0.2) is 4.79 Å². The average Bonchev–Trinajstić information content (AvgIpc) is 2.28. The summed E-state index contributed by atoms with van der Waals surface area (Å²) in [6, 6.07) is 0. The van der Waals surface area contributed by atoms with E-state index < -0.39 is 0 Å². The van der Waals surface area contributed by atoms with E-state index in [9.17, 15) is 4.79 Å². The fourth-order valence-corrected chi connectivity index (χ4v) is 2.53. The van der Waals surface area contributed by atoms with Crippen molar-refractivity contribution in [2.75, 3.05) is 37.5 Å². The second-order valence-corrected chi connectivity index (χ2v) is 5.97. The van der Waals surface area contributed by atoms with Crippen LogP contribution in [0, 0.1) is 10.4 Å². The molecule has 0 amide bonds. The first kappa shape index (κ1) is 15.2. The van der Waals surface area contributed by atoms with Gasteiger partial charge in [0.2, 0.25) is 5.43 Å². The number of anilines is 2. The molecule has 1 aromatic carbocycles. The Kier molecular flexibility index (Phi) is 5.32. The van der Waals surface area contributed by atoms with Crippen molar-refractivity contribution >= 4 is 23.6 Å². The van der Waals surface area contributed by atoms with Gasteiger partial charge in [-0.2, -0.15) is 0 Å². The lowest BCUT2D eigenvalue weighted by Gasteiger charge is -2.27. The molecule has 0 unspecified atom stereocenters. The van der Waals surface area contributed by atoms with E-state index in [1.165, 1.54) is 12.8 Å². The Hall–Kier alpha value is -0.900. The molecule has 0 saturated heterocycles. The lowest BCUT2D eigenvalue weighted by Crippen LogP contribution is -2.32. The molecule has 0 radical (unpaired) electrons. The van der Waals surface area contributed by atoms with Crippen molar-refractivity contribution in [3.8, 4) is 0 Å². The van der Waals surface area contributed by atoms with E-state index in [4.69, 9.17) is 12.2 Å². The van der Waals surface area contributed by atoms with Crippen molar-refractivity contribution in [3.63, 3.8) is 0 Å². The van der Waals surface area contributed by atoms with Crippen LogP contribution in [0.25, 0.3) is 0 Å². The van der Waals surface area contributed by atoms with Crippen LogP contribution >= 0.6 is 12.2 Å². The van der Waals surface area contributed by atoms with Gasteiger partial charge in [0, 0.05) is 27.7 Å². The molecule has 0 fully saturated rings. The molecule has 0 N–H and O–H groups in total. The van der Waals surface area contributed by atoms with Crippen molar-refractivity contribution in [3.05, 3.63) is 14.7 Å². The topological polar surface area (TPSA) is 23.6 Å². The van der Waals surface area contributed by atoms with E-state index in [0.29, 0.717) is 4.51 Å². The van der Waals surface area contributed by atoms with Gasteiger partial charge in [-0.15, -0.1) is 0 Å². The molecule has 0 aromatic heterocycles. The van der Waals surface area contributed by atoms with Crippen molar-refractivity contribution < 1.29 is 0 Å². The quantitative estimate of drug-likeness (QED) is 0.560. The van der Waals surface area contributed by atoms with Crippen LogP contribution in [-0.4, -0.2) is 27.7 Å². The first-order valence-electron chi connectivity index (χ1n) is 6.58. The summed E-state index contributed by atoms with van der Waals surface area (Å²) >= 11 is 5.09. The van der Waals surface area contributed by atoms with E-state index in [1.807, 2.05) is 30.9 Å². The van der Waals surface area contributed by atoms with Gasteiger partial charge in [0.15, 0.2) is 0 Å². The minimum atomic E-state index is 0.0278. The molecule has 0 bridgehead atoms. The lowest BCUT2D eigenvalue weighted by atomic mass is 10.1. The maximum Gasteiger partial charge on any atom is 0.224 e. The summed E-state index contributed by atoms with van der Waals surface area (Å²) < 4.78 is 0.476. The van der Waals surface area contributed by atoms with E-state index >= 15 is 0 Å². The summed E-state index contributed by atoms with van der Waals surface area (Å²) in [5.41, 5.74) is 1.73. The fraction of sp³-hybridized carbons (Fsp3) is 0.714. The van der Waals surface area contributed by atoms with Gasteiger partial charge in [0.1, 0.15) is 10.2 Å². The Morgan fingerprint density at radius 3 is 2.22 bits per heavy atom. The molecular formula is C14H24N2OS. The van der Waals surface area contributed by atoms with E-state index in [0.717, 1.165) is 30.3 Å². The van der Waals surface area contributed by atoms with Crippen LogP contribution in [-0.2, 0) is 0 Å². The fourth-order valence-electron chi connectivity index (χ4n) is 2.15. The lowest BCUT2D eigenvalue weighted by molar-refractivity contribution is 0.538. The third-order valence-corrected chi connectivity index (χ3v) is 3.59. The molecule has 1 aromatic rings. The van der Waals surface area contributed by atoms with Crippen molar-refractivity contribution in [2.45, 2.75) is 33.1 Å². The third kappa shape index (κ3) is 3.31. The van der Waals surface area contributed by atoms with Crippen LogP contribution in [0.1, 0.15) is 33.1 Å². The summed E-state index contributed by atoms with van der Waals surface area (Å²) in [6.45, 7) is 5.41. The smallest absolute Gasteiger partial charge is 0.224 e. The molecule has 0 spiro atoms. The molecule has 18 heavy (non-hydrogen) atoms. The standard InChI is InChI=1S/C14H24N2OS/c1-10(2)8-6-7-9-16(5)11-12(15(3)4)14(18)13(11)17/h10H,6-9H2,1-5H3. The van der Waals surface area contributed by atoms with Crippen LogP contribution in [0.4, 0.5) is 11.4 Å². The zero-order valence-electron chi connectivity index (χ0n) is 12.1. The molecule has 0 heterocycles. The molecule has 4 heteroatoms. The second kappa shape index (κ2) is 6.32. The Bertz CT molecular complexity index is 458. The Morgan fingerprint density at radius 2 is 1.72 bits per heavy atom. The Labute approximate surface area is 115 Å². The van der Waals surface area contributed by atoms with Crippen molar-refractivity contribution in [2.24, 2.45) is 5.92 Å². The van der Waals surface area contributed by atoms with Crippen LogP contribution in [0.3, 0.4) is 0 Å². The molecular weight excluding hydrogens is 244 g/mol. The molecule has 0 aliphatic heterocycles. The number of unbranched alkanes of at least 4 members (excludes halogenated alkanes) is 1. The summed E-state index contributed by atoms with van der Waals surface area (Å²) in [4.78, 5) is 15.8. The van der Waals surface area contributed by atoms with E-state index in [1.54, 1.807) is 0 Å². The summed E-state index contributed by atoms with van der Waals surface area (Å²) in [5, 5.41) is 0. The van der Waals surface area contributed by atoms with Crippen molar-refractivity contribution in [1.29, 1.82) is 0 Å². The maximum atomic E-state index is 11.8. The van der Waals surface area contributed by atoms with Gasteiger partial charge >= 0.3 is 0 Å². The molecule has 102 valence electrons. The summed E-state index contributed by atoms with van der Waals surface area (Å²) in [5.74, 6) is 0.754. The highest BCUT2D eigenvalue weighted by Gasteiger charge is 2.22. The highest BCUT2D eigenvalue weighted by molar-refractivity contribution is 7.71. The van der Waals surface area contributed by atoms with E-state index in [2.05, 4.69) is 13.8 Å². The third-order valence-electron chi connectivity index (χ3n) is 3.21. The van der Waals surface area contributed by atoms with Gasteiger partial charge in [0.05, 0.1) is 5.69 Å². The summed E-state index contributed by atoms with van der Waals surface area (Å²) in [6.07, 6.45) is 3.59. The molecule has 0 aliphatic rings. The van der Waals surface area contributed by atoms with Crippen molar-refractivity contribution in [1.82, 2.24) is 0 Å². The first-order chi connectivity index (χ1) is 8.36. The zero-order valence-corrected chi connectivity index (χ0v) is 12.9. The first-order valence-corrected chi connectivity index (χ1v) is 6.98. The number of hydrogen-bond donors (Lipinski definition) is 0. The molecule has 0 aliphatic carbocycles. The Balaban J connectivity index is 2.57. The van der Waals surface area contributed by atoms with Gasteiger partial charge in [-0.3, -0.25) is 4.79 Å². The zero-order chi connectivity index (χ0) is 13.9. The maximum absolute atomic E-state index is 11.8. The summed E-state index contributed by atoms with van der Waals surface area (Å²) in [7, 11) is 5.84. The molecule has 1 rings (SSSR count). The largest absolute Gasteiger partial charge is 0.375 e. The molecule has 0 saturated carbocycles. The number of rotatable bonds is 7. The van der Waals surface area contributed by atoms with E-state index in [-0.39, 0.29) is 5.43 Å². The highest BCUT2D eigenvalue weighted by atomic mass is 32.1. The minimum Gasteiger partial charge on any atom is -0.375 e. The average molecular weight is 268 g/mol. The van der Waals surface area contributed by atoms with Gasteiger partial charge in [-0.05, 0) is 12.3 Å². The van der Waals surface area contributed by atoms with Crippen LogP contribution < -0.4 is 15.2 Å². The monoisotopic (exact) mass is 268 g/mol. The van der Waals surface area contributed by atoms with Crippen LogP contribution in [0.2, 0.25) is 0 Å². The van der Waals surface area contributed by atoms with Gasteiger partial charge in [0.25, 0.3) is 0 Å². The van der Waals surface area contributed by atoms with Gasteiger partial charge < -0.3 is 9.80 Å². The molecule has 3 nitrogen and oxygen atoms in total. The molecule has 0 atom stereocenters. The Morgan fingerprint density at radius 1 is 1.11 bits per heavy atom. The highest BCUT2D eigenvalue weighted by Crippen LogP contribution is 2.28. The normalized spacial score (nSPS) is 11.2. The van der Waals surface area contributed by atoms with Gasteiger partial charge in [-0.25, -0.2) is 0 Å². The number of nitrogens with zero attached hydrogens (tertiary/aromatic N) is 2. The minimum absolute atomic E-state index is 0.0278. The van der Waals surface area contributed by atoms with Crippen LogP contribution in [0.5, 0.6) is 0 Å². The van der Waals surface area contributed by atoms with Gasteiger partial charge in [-0.1, -0.05) is 38.9 Å².